The van der Waals surface area contributed by atoms with Crippen molar-refractivity contribution in [1.82, 2.24) is 15.0 Å². The Bertz CT molecular complexity index is 1110. The predicted molar refractivity (Wildman–Crippen MR) is 110 cm³/mol. The second-order valence-electron chi connectivity index (χ2n) is 5.97. The third-order valence-corrected chi connectivity index (χ3v) is 4.87. The molecule has 2 N–H and O–H groups in total. The van der Waals surface area contributed by atoms with E-state index in [1.165, 1.54) is 11.8 Å². The molecular formula is C21H18N4O2S. The topological polar surface area (TPSA) is 79.9 Å². The van der Waals surface area contributed by atoms with Gasteiger partial charge in [-0.15, -0.1) is 0 Å². The van der Waals surface area contributed by atoms with Crippen molar-refractivity contribution in [2.24, 2.45) is 0 Å². The van der Waals surface area contributed by atoms with Crippen molar-refractivity contribution >= 4 is 34.3 Å². The maximum atomic E-state index is 12.7. The van der Waals surface area contributed by atoms with Crippen molar-refractivity contribution < 1.29 is 9.53 Å². The standard InChI is InChI=1S/C21H18N4O2S/c1-2-27-16-7-6-14-11-18(25-17(14)13-16)21(26)24-15-8-10-23-20(12-15)28-19-5-3-4-9-22-19/h3-13,25H,2H2,1H3,(H,23,24,26). The van der Waals surface area contributed by atoms with Gasteiger partial charge >= 0.3 is 0 Å². The summed E-state index contributed by atoms with van der Waals surface area (Å²) < 4.78 is 5.51. The van der Waals surface area contributed by atoms with E-state index in [9.17, 15) is 4.79 Å². The molecule has 0 aliphatic rings. The second-order valence-corrected chi connectivity index (χ2v) is 7.01. The van der Waals surface area contributed by atoms with Crippen LogP contribution in [-0.2, 0) is 0 Å². The Morgan fingerprint density at radius 3 is 2.79 bits per heavy atom. The fourth-order valence-corrected chi connectivity index (χ4v) is 3.51. The summed E-state index contributed by atoms with van der Waals surface area (Å²) in [6.45, 7) is 2.54. The van der Waals surface area contributed by atoms with Crippen LogP contribution < -0.4 is 10.1 Å². The molecule has 4 rings (SSSR count). The number of anilines is 1. The van der Waals surface area contributed by atoms with E-state index in [-0.39, 0.29) is 5.91 Å². The van der Waals surface area contributed by atoms with Crippen LogP contribution in [0.3, 0.4) is 0 Å². The number of ether oxygens (including phenoxy) is 1. The number of fused-ring (bicyclic) bond motifs is 1. The lowest BCUT2D eigenvalue weighted by molar-refractivity contribution is 0.102. The average molecular weight is 390 g/mol. The van der Waals surface area contributed by atoms with Crippen LogP contribution in [0.2, 0.25) is 0 Å². The number of nitrogens with zero attached hydrogens (tertiary/aromatic N) is 2. The van der Waals surface area contributed by atoms with Crippen LogP contribution in [0.15, 0.2) is 77.0 Å². The van der Waals surface area contributed by atoms with Crippen molar-refractivity contribution in [3.63, 3.8) is 0 Å². The maximum absolute atomic E-state index is 12.7. The first-order valence-electron chi connectivity index (χ1n) is 8.83. The first-order chi connectivity index (χ1) is 13.7. The first kappa shape index (κ1) is 18.1. The summed E-state index contributed by atoms with van der Waals surface area (Å²) in [5.41, 5.74) is 2.02. The maximum Gasteiger partial charge on any atom is 0.272 e. The monoisotopic (exact) mass is 390 g/mol. The van der Waals surface area contributed by atoms with Gasteiger partial charge in [-0.25, -0.2) is 9.97 Å². The third-order valence-electron chi connectivity index (χ3n) is 3.99. The number of carbonyl (C=O) groups is 1. The highest BCUT2D eigenvalue weighted by molar-refractivity contribution is 7.99. The molecule has 0 atom stereocenters. The van der Waals surface area contributed by atoms with E-state index in [4.69, 9.17) is 4.74 Å². The number of nitrogens with one attached hydrogen (secondary N) is 2. The highest BCUT2D eigenvalue weighted by Gasteiger charge is 2.11. The zero-order valence-corrected chi connectivity index (χ0v) is 16.0. The van der Waals surface area contributed by atoms with Crippen LogP contribution in [0.25, 0.3) is 10.9 Å². The molecule has 0 aliphatic heterocycles. The highest BCUT2D eigenvalue weighted by atomic mass is 32.2. The summed E-state index contributed by atoms with van der Waals surface area (Å²) in [5.74, 6) is 0.559. The summed E-state index contributed by atoms with van der Waals surface area (Å²) in [6.07, 6.45) is 3.40. The SMILES string of the molecule is CCOc1ccc2cc(C(=O)Nc3ccnc(Sc4ccccn4)c3)[nH]c2c1. The molecule has 4 aromatic rings. The van der Waals surface area contributed by atoms with Gasteiger partial charge in [-0.3, -0.25) is 4.79 Å². The van der Waals surface area contributed by atoms with E-state index in [1.54, 1.807) is 18.5 Å². The van der Waals surface area contributed by atoms with Crippen LogP contribution in [-0.4, -0.2) is 27.5 Å². The number of H-pyrrole nitrogens is 1. The predicted octanol–water partition coefficient (Wildman–Crippen LogP) is 4.76. The summed E-state index contributed by atoms with van der Waals surface area (Å²) in [7, 11) is 0. The lowest BCUT2D eigenvalue weighted by Crippen LogP contribution is -2.12. The minimum atomic E-state index is -0.214. The van der Waals surface area contributed by atoms with Crippen LogP contribution in [0.5, 0.6) is 5.75 Å². The van der Waals surface area contributed by atoms with Gasteiger partial charge in [-0.1, -0.05) is 17.8 Å². The number of benzene rings is 1. The van der Waals surface area contributed by atoms with Crippen molar-refractivity contribution in [2.45, 2.75) is 17.0 Å². The molecule has 0 unspecified atom stereocenters. The van der Waals surface area contributed by atoms with E-state index in [0.29, 0.717) is 18.0 Å². The highest BCUT2D eigenvalue weighted by Crippen LogP contribution is 2.26. The summed E-state index contributed by atoms with van der Waals surface area (Å²) >= 11 is 1.44. The molecule has 0 aliphatic carbocycles. The van der Waals surface area contributed by atoms with E-state index < -0.39 is 0 Å². The summed E-state index contributed by atoms with van der Waals surface area (Å²) in [5, 5.41) is 5.47. The lowest BCUT2D eigenvalue weighted by Gasteiger charge is -2.05. The molecule has 28 heavy (non-hydrogen) atoms. The van der Waals surface area contributed by atoms with Crippen molar-refractivity contribution in [2.75, 3.05) is 11.9 Å². The van der Waals surface area contributed by atoms with Gasteiger partial charge in [-0.05, 0) is 49.4 Å². The van der Waals surface area contributed by atoms with Crippen LogP contribution in [0.1, 0.15) is 17.4 Å². The molecule has 3 heterocycles. The minimum Gasteiger partial charge on any atom is -0.494 e. The molecule has 0 radical (unpaired) electrons. The molecule has 0 saturated carbocycles. The number of pyridine rings is 2. The second kappa shape index (κ2) is 8.14. The average Bonchev–Trinajstić information content (AvgIpc) is 3.13. The van der Waals surface area contributed by atoms with E-state index in [1.807, 2.05) is 55.5 Å². The summed E-state index contributed by atoms with van der Waals surface area (Å²) in [4.78, 5) is 24.4. The normalized spacial score (nSPS) is 10.8. The van der Waals surface area contributed by atoms with Crippen molar-refractivity contribution in [3.8, 4) is 5.75 Å². The molecule has 1 amide bonds. The first-order valence-corrected chi connectivity index (χ1v) is 9.65. The Morgan fingerprint density at radius 1 is 1.07 bits per heavy atom. The number of amides is 1. The number of rotatable bonds is 6. The minimum absolute atomic E-state index is 0.214. The Morgan fingerprint density at radius 2 is 1.96 bits per heavy atom. The molecule has 0 spiro atoms. The number of carbonyl (C=O) groups excluding carboxylic acids is 1. The Labute approximate surface area is 166 Å². The molecule has 3 aromatic heterocycles. The van der Waals surface area contributed by atoms with E-state index in [0.717, 1.165) is 26.7 Å². The van der Waals surface area contributed by atoms with Crippen LogP contribution >= 0.6 is 11.8 Å². The fraction of sp³-hybridized carbons (Fsp3) is 0.0952. The van der Waals surface area contributed by atoms with Gasteiger partial charge in [0.2, 0.25) is 0 Å². The Hall–Kier alpha value is -3.32. The largest absolute Gasteiger partial charge is 0.494 e. The third kappa shape index (κ3) is 4.15. The number of hydrogen-bond acceptors (Lipinski definition) is 5. The van der Waals surface area contributed by atoms with Gasteiger partial charge < -0.3 is 15.0 Å². The fourth-order valence-electron chi connectivity index (χ4n) is 2.74. The molecule has 0 saturated heterocycles. The molecule has 1 aromatic carbocycles. The van der Waals surface area contributed by atoms with Gasteiger partial charge in [0, 0.05) is 35.1 Å². The van der Waals surface area contributed by atoms with Gasteiger partial charge in [-0.2, -0.15) is 0 Å². The van der Waals surface area contributed by atoms with Gasteiger partial charge in [0.15, 0.2) is 0 Å². The quantitative estimate of drug-likeness (QED) is 0.496. The van der Waals surface area contributed by atoms with Gasteiger partial charge in [0.05, 0.1) is 6.61 Å². The molecule has 6 nitrogen and oxygen atoms in total. The molecule has 0 fully saturated rings. The number of hydrogen-bond donors (Lipinski definition) is 2. The lowest BCUT2D eigenvalue weighted by atomic mass is 10.2. The molecule has 140 valence electrons. The zero-order valence-electron chi connectivity index (χ0n) is 15.2. The van der Waals surface area contributed by atoms with Crippen LogP contribution in [0.4, 0.5) is 5.69 Å². The van der Waals surface area contributed by atoms with Gasteiger partial charge in [0.1, 0.15) is 21.5 Å². The Balaban J connectivity index is 1.50. The smallest absolute Gasteiger partial charge is 0.272 e. The number of aromatic amines is 1. The molecule has 7 heteroatoms. The van der Waals surface area contributed by atoms with Crippen LogP contribution in [0, 0.1) is 0 Å². The van der Waals surface area contributed by atoms with E-state index in [2.05, 4.69) is 20.3 Å². The number of aromatic nitrogens is 3. The van der Waals surface area contributed by atoms with E-state index >= 15 is 0 Å². The van der Waals surface area contributed by atoms with Crippen molar-refractivity contribution in [3.05, 3.63) is 72.7 Å². The summed E-state index contributed by atoms with van der Waals surface area (Å²) in [6, 6.07) is 16.8. The van der Waals surface area contributed by atoms with Crippen molar-refractivity contribution in [1.29, 1.82) is 0 Å². The molecule has 0 bridgehead atoms. The molecular weight excluding hydrogens is 372 g/mol. The zero-order chi connectivity index (χ0) is 19.3. The van der Waals surface area contributed by atoms with Gasteiger partial charge in [0.25, 0.3) is 5.91 Å². The Kier molecular flexibility index (Phi) is 5.25.